The van der Waals surface area contributed by atoms with Crippen molar-refractivity contribution in [3.63, 3.8) is 0 Å². The molecule has 0 atom stereocenters. The molecule has 1 saturated carbocycles. The standard InChI is InChI=1S/C25H29ClN4O5/c1-27-17-6-3-15(4-7-17)24(31)30-22-19-13-18(34-12-11-33-2)8-9-20(19)35-23(22)25(32)29-21-10-5-16(26)14-28-21/h5,8-10,13-15,17,27H,3-4,6-7,11-12H2,1-2H3,(H,30,31)(H,28,29,32)/t15-,17-. The van der Waals surface area contributed by atoms with Gasteiger partial charge in [-0.25, -0.2) is 4.98 Å². The summed E-state index contributed by atoms with van der Waals surface area (Å²) in [5.41, 5.74) is 0.761. The molecule has 1 fully saturated rings. The third-order valence-electron chi connectivity index (χ3n) is 6.15. The summed E-state index contributed by atoms with van der Waals surface area (Å²) in [7, 11) is 3.54. The summed E-state index contributed by atoms with van der Waals surface area (Å²) >= 11 is 5.89. The lowest BCUT2D eigenvalue weighted by Crippen LogP contribution is -2.34. The van der Waals surface area contributed by atoms with Gasteiger partial charge in [0, 0.05) is 30.7 Å². The number of benzene rings is 1. The van der Waals surface area contributed by atoms with Crippen molar-refractivity contribution in [2.75, 3.05) is 38.0 Å². The van der Waals surface area contributed by atoms with Crippen LogP contribution in [0.1, 0.15) is 36.2 Å². The van der Waals surface area contributed by atoms with E-state index in [0.717, 1.165) is 25.7 Å². The second-order valence-electron chi connectivity index (χ2n) is 8.45. The van der Waals surface area contributed by atoms with E-state index in [4.69, 9.17) is 25.5 Å². The Labute approximate surface area is 208 Å². The van der Waals surface area contributed by atoms with Gasteiger partial charge < -0.3 is 29.8 Å². The molecule has 0 bridgehead atoms. The van der Waals surface area contributed by atoms with Gasteiger partial charge in [-0.05, 0) is 63.1 Å². The smallest absolute Gasteiger partial charge is 0.294 e. The summed E-state index contributed by atoms with van der Waals surface area (Å²) in [5.74, 6) is 0.0686. The molecule has 10 heteroatoms. The number of carbonyl (C=O) groups is 2. The first kappa shape index (κ1) is 25.0. The zero-order valence-electron chi connectivity index (χ0n) is 19.7. The molecule has 2 aromatic heterocycles. The van der Waals surface area contributed by atoms with Gasteiger partial charge in [0.05, 0.1) is 11.6 Å². The number of hydrogen-bond donors (Lipinski definition) is 3. The van der Waals surface area contributed by atoms with Crippen molar-refractivity contribution < 1.29 is 23.5 Å². The maximum absolute atomic E-state index is 13.2. The van der Waals surface area contributed by atoms with Crippen LogP contribution in [0, 0.1) is 5.92 Å². The number of carbonyl (C=O) groups excluding carboxylic acids is 2. The van der Waals surface area contributed by atoms with Crippen molar-refractivity contribution in [2.24, 2.45) is 5.92 Å². The number of anilines is 2. The number of methoxy groups -OCH3 is 1. The monoisotopic (exact) mass is 500 g/mol. The molecule has 1 aliphatic rings. The van der Waals surface area contributed by atoms with Gasteiger partial charge in [0.25, 0.3) is 5.91 Å². The van der Waals surface area contributed by atoms with E-state index in [1.165, 1.54) is 6.20 Å². The van der Waals surface area contributed by atoms with Crippen molar-refractivity contribution >= 4 is 45.9 Å². The highest BCUT2D eigenvalue weighted by molar-refractivity contribution is 6.30. The number of hydrogen-bond acceptors (Lipinski definition) is 7. The number of ether oxygens (including phenoxy) is 2. The topological polar surface area (TPSA) is 115 Å². The Kier molecular flexibility index (Phi) is 8.22. The summed E-state index contributed by atoms with van der Waals surface area (Å²) in [6.45, 7) is 0.801. The van der Waals surface area contributed by atoms with E-state index >= 15 is 0 Å². The van der Waals surface area contributed by atoms with Crippen LogP contribution in [0.15, 0.2) is 40.9 Å². The Hall–Kier alpha value is -3.14. The van der Waals surface area contributed by atoms with Gasteiger partial charge in [-0.15, -0.1) is 0 Å². The molecule has 35 heavy (non-hydrogen) atoms. The Bertz CT molecular complexity index is 1170. The Balaban J connectivity index is 1.62. The molecule has 1 aliphatic carbocycles. The van der Waals surface area contributed by atoms with Crippen LogP contribution in [0.4, 0.5) is 11.5 Å². The Morgan fingerprint density at radius 3 is 2.60 bits per heavy atom. The second kappa shape index (κ2) is 11.5. The first-order valence-electron chi connectivity index (χ1n) is 11.6. The van der Waals surface area contributed by atoms with E-state index in [1.54, 1.807) is 37.4 Å². The number of rotatable bonds is 9. The molecule has 0 saturated heterocycles. The number of furan rings is 1. The third kappa shape index (κ3) is 6.11. The van der Waals surface area contributed by atoms with Gasteiger partial charge in [-0.3, -0.25) is 9.59 Å². The molecule has 3 N–H and O–H groups in total. The molecule has 2 heterocycles. The normalized spacial score (nSPS) is 17.8. The van der Waals surface area contributed by atoms with Gasteiger partial charge in [0.15, 0.2) is 0 Å². The number of aromatic nitrogens is 1. The lowest BCUT2D eigenvalue weighted by Gasteiger charge is -2.27. The van der Waals surface area contributed by atoms with Crippen molar-refractivity contribution in [1.82, 2.24) is 10.3 Å². The maximum atomic E-state index is 13.2. The minimum absolute atomic E-state index is 0.0111. The van der Waals surface area contributed by atoms with E-state index in [9.17, 15) is 9.59 Å². The van der Waals surface area contributed by atoms with Crippen LogP contribution in [0.2, 0.25) is 5.02 Å². The number of halogens is 1. The number of amides is 2. The van der Waals surface area contributed by atoms with Gasteiger partial charge in [0.2, 0.25) is 11.7 Å². The fourth-order valence-corrected chi connectivity index (χ4v) is 4.30. The van der Waals surface area contributed by atoms with E-state index < -0.39 is 5.91 Å². The van der Waals surface area contributed by atoms with Crippen LogP contribution in [-0.4, -0.2) is 50.2 Å². The van der Waals surface area contributed by atoms with E-state index in [2.05, 4.69) is 20.9 Å². The van der Waals surface area contributed by atoms with E-state index in [1.807, 2.05) is 7.05 Å². The van der Waals surface area contributed by atoms with Crippen LogP contribution in [0.3, 0.4) is 0 Å². The quantitative estimate of drug-likeness (QED) is 0.371. The second-order valence-corrected chi connectivity index (χ2v) is 8.88. The number of fused-ring (bicyclic) bond motifs is 1. The van der Waals surface area contributed by atoms with Gasteiger partial charge in [0.1, 0.15) is 29.4 Å². The van der Waals surface area contributed by atoms with Crippen LogP contribution in [0.5, 0.6) is 5.75 Å². The predicted molar refractivity (Wildman–Crippen MR) is 134 cm³/mol. The lowest BCUT2D eigenvalue weighted by molar-refractivity contribution is -0.120. The summed E-state index contributed by atoms with van der Waals surface area (Å²) < 4.78 is 16.6. The van der Waals surface area contributed by atoms with E-state index in [-0.39, 0.29) is 17.6 Å². The largest absolute Gasteiger partial charge is 0.491 e. The van der Waals surface area contributed by atoms with Crippen molar-refractivity contribution in [3.8, 4) is 5.75 Å². The van der Waals surface area contributed by atoms with Gasteiger partial charge in [-0.2, -0.15) is 0 Å². The van der Waals surface area contributed by atoms with Crippen molar-refractivity contribution in [3.05, 3.63) is 47.3 Å². The van der Waals surface area contributed by atoms with Crippen molar-refractivity contribution in [2.45, 2.75) is 31.7 Å². The molecule has 186 valence electrons. The average Bonchev–Trinajstić information content (AvgIpc) is 3.23. The Morgan fingerprint density at radius 1 is 1.11 bits per heavy atom. The van der Waals surface area contributed by atoms with Gasteiger partial charge >= 0.3 is 0 Å². The molecule has 2 amide bonds. The Morgan fingerprint density at radius 2 is 1.91 bits per heavy atom. The number of nitrogens with zero attached hydrogens (tertiary/aromatic N) is 1. The molecule has 3 aromatic rings. The highest BCUT2D eigenvalue weighted by Crippen LogP contribution is 2.35. The highest BCUT2D eigenvalue weighted by atomic mass is 35.5. The SMILES string of the molecule is CN[C@H]1CC[C@H](C(=O)Nc2c(C(=O)Nc3ccc(Cl)cn3)oc3ccc(OCCOC)cc23)CC1. The minimum Gasteiger partial charge on any atom is -0.491 e. The first-order valence-corrected chi connectivity index (χ1v) is 12.0. The van der Waals surface area contributed by atoms with Crippen LogP contribution in [0.25, 0.3) is 11.0 Å². The highest BCUT2D eigenvalue weighted by Gasteiger charge is 2.29. The summed E-state index contributed by atoms with van der Waals surface area (Å²) in [4.78, 5) is 30.4. The molecule has 0 aliphatic heterocycles. The molecular formula is C25H29ClN4O5. The van der Waals surface area contributed by atoms with Crippen LogP contribution in [-0.2, 0) is 9.53 Å². The molecule has 9 nitrogen and oxygen atoms in total. The third-order valence-corrected chi connectivity index (χ3v) is 6.37. The minimum atomic E-state index is -0.535. The molecule has 0 radical (unpaired) electrons. The molecule has 0 unspecified atom stereocenters. The molecule has 0 spiro atoms. The summed E-state index contributed by atoms with van der Waals surface area (Å²) in [6, 6.07) is 8.84. The molecular weight excluding hydrogens is 472 g/mol. The fraction of sp³-hybridized carbons (Fsp3) is 0.400. The zero-order chi connectivity index (χ0) is 24.8. The number of pyridine rings is 1. The van der Waals surface area contributed by atoms with Crippen LogP contribution >= 0.6 is 11.6 Å². The maximum Gasteiger partial charge on any atom is 0.294 e. The van der Waals surface area contributed by atoms with Gasteiger partial charge in [-0.1, -0.05) is 11.6 Å². The summed E-state index contributed by atoms with van der Waals surface area (Å²) in [5, 5.41) is 9.97. The van der Waals surface area contributed by atoms with Crippen molar-refractivity contribution in [1.29, 1.82) is 0 Å². The lowest BCUT2D eigenvalue weighted by atomic mass is 9.85. The zero-order valence-corrected chi connectivity index (χ0v) is 20.5. The fourth-order valence-electron chi connectivity index (χ4n) is 4.19. The first-order chi connectivity index (χ1) is 17.0. The average molecular weight is 501 g/mol. The predicted octanol–water partition coefficient (Wildman–Crippen LogP) is 4.48. The molecule has 4 rings (SSSR count). The molecule has 1 aromatic carbocycles. The summed E-state index contributed by atoms with van der Waals surface area (Å²) in [6.07, 6.45) is 4.83. The van der Waals surface area contributed by atoms with Crippen LogP contribution < -0.4 is 20.7 Å². The number of nitrogens with one attached hydrogen (secondary N) is 3. The van der Waals surface area contributed by atoms with E-state index in [0.29, 0.717) is 52.5 Å².